The Kier molecular flexibility index (Phi) is 5.74. The molecule has 4 rings (SSSR count). The molecule has 0 aliphatic carbocycles. The molecule has 0 saturated carbocycles. The first-order chi connectivity index (χ1) is 14.1. The van der Waals surface area contributed by atoms with Crippen LogP contribution in [0.1, 0.15) is 5.56 Å². The second-order valence-corrected chi connectivity index (χ2v) is 7.42. The highest BCUT2D eigenvalue weighted by Gasteiger charge is 2.11. The molecule has 29 heavy (non-hydrogen) atoms. The fourth-order valence-electron chi connectivity index (χ4n) is 3.13. The highest BCUT2D eigenvalue weighted by atomic mass is 35.5. The van der Waals surface area contributed by atoms with Crippen molar-refractivity contribution in [3.05, 3.63) is 94.6 Å². The third-order valence-electron chi connectivity index (χ3n) is 4.53. The maximum Gasteiger partial charge on any atom is 0.244 e. The van der Waals surface area contributed by atoms with Crippen LogP contribution in [0.15, 0.2) is 79.0 Å². The van der Waals surface area contributed by atoms with Crippen LogP contribution in [-0.2, 0) is 17.9 Å². The number of aromatic nitrogens is 1. The Balaban J connectivity index is 1.49. The summed E-state index contributed by atoms with van der Waals surface area (Å²) in [7, 11) is 0. The topological polar surface area (TPSA) is 43.3 Å². The van der Waals surface area contributed by atoms with Crippen molar-refractivity contribution in [3.8, 4) is 5.75 Å². The van der Waals surface area contributed by atoms with Gasteiger partial charge in [-0.25, -0.2) is 0 Å². The van der Waals surface area contributed by atoms with Crippen molar-refractivity contribution < 1.29 is 9.53 Å². The van der Waals surface area contributed by atoms with Crippen molar-refractivity contribution >= 4 is 45.7 Å². The zero-order chi connectivity index (χ0) is 20.2. The van der Waals surface area contributed by atoms with Crippen LogP contribution in [0.2, 0.25) is 10.0 Å². The van der Waals surface area contributed by atoms with Gasteiger partial charge in [-0.2, -0.15) is 0 Å². The van der Waals surface area contributed by atoms with Crippen LogP contribution in [0.4, 0.5) is 5.69 Å². The van der Waals surface area contributed by atoms with Crippen LogP contribution in [0.3, 0.4) is 0 Å². The molecule has 0 aliphatic rings. The molecule has 146 valence electrons. The molecule has 0 saturated heterocycles. The molecule has 0 unspecified atom stereocenters. The summed E-state index contributed by atoms with van der Waals surface area (Å²) in [6.45, 7) is 0.644. The van der Waals surface area contributed by atoms with E-state index in [0.717, 1.165) is 22.2 Å². The predicted octanol–water partition coefficient (Wildman–Crippen LogP) is 6.17. The van der Waals surface area contributed by atoms with Gasteiger partial charge in [0.1, 0.15) is 18.9 Å². The van der Waals surface area contributed by atoms with Crippen molar-refractivity contribution in [2.24, 2.45) is 0 Å². The number of ether oxygens (including phenoxy) is 1. The van der Waals surface area contributed by atoms with Gasteiger partial charge < -0.3 is 14.6 Å². The Morgan fingerprint density at radius 2 is 1.79 bits per heavy atom. The van der Waals surface area contributed by atoms with Crippen molar-refractivity contribution in [3.63, 3.8) is 0 Å². The molecular formula is C23H18Cl2N2O2. The number of hydrogen-bond acceptors (Lipinski definition) is 2. The van der Waals surface area contributed by atoms with E-state index >= 15 is 0 Å². The van der Waals surface area contributed by atoms with Crippen molar-refractivity contribution in [1.29, 1.82) is 0 Å². The first kappa shape index (κ1) is 19.4. The minimum absolute atomic E-state index is 0.157. The maximum absolute atomic E-state index is 12.5. The Labute approximate surface area is 178 Å². The number of amides is 1. The summed E-state index contributed by atoms with van der Waals surface area (Å²) in [5.74, 6) is 0.605. The van der Waals surface area contributed by atoms with Gasteiger partial charge in [-0.3, -0.25) is 4.79 Å². The summed E-state index contributed by atoms with van der Waals surface area (Å²) in [4.78, 5) is 12.5. The summed E-state index contributed by atoms with van der Waals surface area (Å²) in [5.41, 5.74) is 2.56. The molecule has 0 bridgehead atoms. The first-order valence-electron chi connectivity index (χ1n) is 9.09. The van der Waals surface area contributed by atoms with Gasteiger partial charge in [0, 0.05) is 16.6 Å². The van der Waals surface area contributed by atoms with E-state index in [1.165, 1.54) is 0 Å². The zero-order valence-electron chi connectivity index (χ0n) is 15.4. The van der Waals surface area contributed by atoms with Crippen LogP contribution in [0.25, 0.3) is 10.9 Å². The summed E-state index contributed by atoms with van der Waals surface area (Å²) >= 11 is 12.0. The minimum Gasteiger partial charge on any atom is -0.488 e. The molecule has 1 heterocycles. The number of anilines is 1. The van der Waals surface area contributed by atoms with Crippen molar-refractivity contribution in [2.45, 2.75) is 13.2 Å². The highest BCUT2D eigenvalue weighted by Crippen LogP contribution is 2.28. The van der Waals surface area contributed by atoms with Crippen molar-refractivity contribution in [2.75, 3.05) is 5.32 Å². The third kappa shape index (κ3) is 4.56. The molecule has 0 fully saturated rings. The molecule has 4 aromatic rings. The lowest BCUT2D eigenvalue weighted by Gasteiger charge is -2.10. The van der Waals surface area contributed by atoms with E-state index < -0.39 is 0 Å². The molecule has 1 aromatic heterocycles. The number of rotatable bonds is 6. The fourth-order valence-corrected chi connectivity index (χ4v) is 3.59. The molecule has 0 radical (unpaired) electrons. The second-order valence-electron chi connectivity index (χ2n) is 6.58. The number of nitrogens with one attached hydrogen (secondary N) is 1. The van der Waals surface area contributed by atoms with E-state index in [1.807, 2.05) is 65.4 Å². The van der Waals surface area contributed by atoms with E-state index in [0.29, 0.717) is 22.3 Å². The lowest BCUT2D eigenvalue weighted by molar-refractivity contribution is -0.116. The number of carbonyl (C=O) groups excluding carboxylic acids is 1. The Bertz CT molecular complexity index is 1160. The van der Waals surface area contributed by atoms with Crippen LogP contribution in [0, 0.1) is 0 Å². The molecule has 1 N–H and O–H groups in total. The monoisotopic (exact) mass is 424 g/mol. The quantitative estimate of drug-likeness (QED) is 0.402. The Morgan fingerprint density at radius 1 is 0.966 bits per heavy atom. The largest absolute Gasteiger partial charge is 0.488 e. The molecule has 6 heteroatoms. The summed E-state index contributed by atoms with van der Waals surface area (Å²) in [6, 6.07) is 22.8. The standard InChI is InChI=1S/C23H18Cl2N2O2/c24-17-9-10-20(19(25)13-17)26-23(28)14-27-12-11-18-21(27)7-4-8-22(18)29-15-16-5-2-1-3-6-16/h1-13H,14-15H2,(H,26,28). The fraction of sp³-hybridized carbons (Fsp3) is 0.0870. The first-order valence-corrected chi connectivity index (χ1v) is 9.85. The van der Waals surface area contributed by atoms with Crippen LogP contribution >= 0.6 is 23.2 Å². The SMILES string of the molecule is O=C(Cn1ccc2c(OCc3ccccc3)cccc21)Nc1ccc(Cl)cc1Cl. The predicted molar refractivity (Wildman–Crippen MR) is 118 cm³/mol. The molecule has 1 amide bonds. The summed E-state index contributed by atoms with van der Waals surface area (Å²) < 4.78 is 7.88. The van der Waals surface area contributed by atoms with E-state index in [1.54, 1.807) is 18.2 Å². The van der Waals surface area contributed by atoms with Gasteiger partial charge in [-0.15, -0.1) is 0 Å². The van der Waals surface area contributed by atoms with Crippen LogP contribution in [-0.4, -0.2) is 10.5 Å². The smallest absolute Gasteiger partial charge is 0.244 e. The zero-order valence-corrected chi connectivity index (χ0v) is 17.0. The molecule has 4 nitrogen and oxygen atoms in total. The van der Waals surface area contributed by atoms with Crippen molar-refractivity contribution in [1.82, 2.24) is 4.57 Å². The summed E-state index contributed by atoms with van der Waals surface area (Å²) in [6.07, 6.45) is 1.88. The summed E-state index contributed by atoms with van der Waals surface area (Å²) in [5, 5.41) is 4.70. The molecule has 0 aliphatic heterocycles. The second kappa shape index (κ2) is 8.60. The van der Waals surface area contributed by atoms with Gasteiger partial charge in [-0.05, 0) is 42.0 Å². The Hall–Kier alpha value is -2.95. The number of fused-ring (bicyclic) bond motifs is 1. The highest BCUT2D eigenvalue weighted by molar-refractivity contribution is 6.36. The number of carbonyl (C=O) groups is 1. The van der Waals surface area contributed by atoms with E-state index in [9.17, 15) is 4.79 Å². The molecule has 3 aromatic carbocycles. The van der Waals surface area contributed by atoms with Gasteiger partial charge in [0.2, 0.25) is 5.91 Å². The lowest BCUT2D eigenvalue weighted by atomic mass is 10.2. The third-order valence-corrected chi connectivity index (χ3v) is 5.08. The number of halogens is 2. The number of hydrogen-bond donors (Lipinski definition) is 1. The van der Waals surface area contributed by atoms with Gasteiger partial charge >= 0.3 is 0 Å². The molecular weight excluding hydrogens is 407 g/mol. The Morgan fingerprint density at radius 3 is 2.59 bits per heavy atom. The molecule has 0 spiro atoms. The van der Waals surface area contributed by atoms with Gasteiger partial charge in [0.25, 0.3) is 0 Å². The van der Waals surface area contributed by atoms with Crippen LogP contribution in [0.5, 0.6) is 5.75 Å². The van der Waals surface area contributed by atoms with Gasteiger partial charge in [0.05, 0.1) is 16.2 Å². The number of nitrogens with zero attached hydrogens (tertiary/aromatic N) is 1. The van der Waals surface area contributed by atoms with Gasteiger partial charge in [0.15, 0.2) is 0 Å². The lowest BCUT2D eigenvalue weighted by Crippen LogP contribution is -2.18. The van der Waals surface area contributed by atoms with Gasteiger partial charge in [-0.1, -0.05) is 59.6 Å². The number of benzene rings is 3. The average molecular weight is 425 g/mol. The maximum atomic E-state index is 12.5. The minimum atomic E-state index is -0.178. The van der Waals surface area contributed by atoms with Crippen LogP contribution < -0.4 is 10.1 Å². The van der Waals surface area contributed by atoms with E-state index in [4.69, 9.17) is 27.9 Å². The van der Waals surface area contributed by atoms with E-state index in [-0.39, 0.29) is 12.5 Å². The van der Waals surface area contributed by atoms with E-state index in [2.05, 4.69) is 5.32 Å². The normalized spacial score (nSPS) is 10.8. The average Bonchev–Trinajstić information content (AvgIpc) is 3.13. The molecule has 0 atom stereocenters.